The Morgan fingerprint density at radius 2 is 2.00 bits per heavy atom. The fraction of sp³-hybridized carbons (Fsp3) is 0.636. The van der Waals surface area contributed by atoms with Crippen molar-refractivity contribution in [3.63, 3.8) is 0 Å². The molecule has 1 radical (unpaired) electrons. The Bertz CT molecular complexity index is 381. The first-order chi connectivity index (χ1) is 7.58. The van der Waals surface area contributed by atoms with Crippen LogP contribution in [0, 0.1) is 6.42 Å². The van der Waals surface area contributed by atoms with Crippen molar-refractivity contribution in [2.24, 2.45) is 0 Å². The molecule has 0 unspecified atom stereocenters. The first-order valence-corrected chi connectivity index (χ1v) is 6.66. The van der Waals surface area contributed by atoms with Crippen LogP contribution in [0.15, 0.2) is 12.2 Å². The van der Waals surface area contributed by atoms with Gasteiger partial charge in [-0.05, 0) is 40.0 Å². The number of esters is 1. The van der Waals surface area contributed by atoms with Gasteiger partial charge in [-0.3, -0.25) is 4.55 Å². The molecule has 0 aliphatic rings. The predicted molar refractivity (Wildman–Crippen MR) is 64.9 cm³/mol. The van der Waals surface area contributed by atoms with Crippen LogP contribution in [0.1, 0.15) is 33.6 Å². The molecule has 5 nitrogen and oxygen atoms in total. The minimum absolute atomic E-state index is 0.198. The molecule has 0 fully saturated rings. The molecule has 0 aliphatic carbocycles. The number of unbranched alkanes of at least 4 members (excludes halogenated alkanes) is 1. The maximum absolute atomic E-state index is 11.0. The van der Waals surface area contributed by atoms with E-state index < -0.39 is 20.8 Å². The quantitative estimate of drug-likeness (QED) is 0.327. The van der Waals surface area contributed by atoms with E-state index in [1.54, 1.807) is 6.92 Å². The summed E-state index contributed by atoms with van der Waals surface area (Å²) >= 11 is 0. The molecule has 0 aromatic heterocycles. The van der Waals surface area contributed by atoms with Crippen LogP contribution in [0.3, 0.4) is 0 Å². The van der Waals surface area contributed by atoms with E-state index in [0.717, 1.165) is 0 Å². The van der Waals surface area contributed by atoms with E-state index in [-0.39, 0.29) is 6.61 Å². The van der Waals surface area contributed by atoms with E-state index in [0.29, 0.717) is 18.4 Å². The van der Waals surface area contributed by atoms with Gasteiger partial charge in [0.15, 0.2) is 0 Å². The lowest BCUT2D eigenvalue weighted by Gasteiger charge is -2.19. The van der Waals surface area contributed by atoms with Gasteiger partial charge in [0.05, 0.1) is 11.4 Å². The van der Waals surface area contributed by atoms with E-state index in [2.05, 4.69) is 6.58 Å². The Balaban J connectivity index is 3.88. The summed E-state index contributed by atoms with van der Waals surface area (Å²) in [6.07, 6.45) is 2.41. The first-order valence-electron chi connectivity index (χ1n) is 5.22. The van der Waals surface area contributed by atoms with Gasteiger partial charge in [0.2, 0.25) is 0 Å². The zero-order valence-corrected chi connectivity index (χ0v) is 11.2. The van der Waals surface area contributed by atoms with Gasteiger partial charge in [-0.2, -0.15) is 8.42 Å². The largest absolute Gasteiger partial charge is 0.462 e. The Morgan fingerprint density at radius 3 is 2.41 bits per heavy atom. The molecule has 0 atom stereocenters. The van der Waals surface area contributed by atoms with Crippen molar-refractivity contribution in [2.45, 2.75) is 38.4 Å². The zero-order chi connectivity index (χ0) is 13.7. The Kier molecular flexibility index (Phi) is 5.84. The summed E-state index contributed by atoms with van der Waals surface area (Å²) in [5.41, 5.74) is 0.326. The number of ether oxygens (including phenoxy) is 1. The van der Waals surface area contributed by atoms with Crippen LogP contribution in [0.2, 0.25) is 0 Å². The average Bonchev–Trinajstić information content (AvgIpc) is 2.14. The molecule has 6 heteroatoms. The lowest BCUT2D eigenvalue weighted by molar-refractivity contribution is -0.139. The zero-order valence-electron chi connectivity index (χ0n) is 10.4. The fourth-order valence-corrected chi connectivity index (χ4v) is 1.25. The molecule has 0 amide bonds. The molecule has 1 N–H and O–H groups in total. The summed E-state index contributed by atoms with van der Waals surface area (Å²) in [4.78, 5) is 11.0. The second kappa shape index (κ2) is 6.16. The third-order valence-electron chi connectivity index (χ3n) is 2.23. The minimum atomic E-state index is -4.10. The summed E-state index contributed by atoms with van der Waals surface area (Å²) in [6.45, 7) is 7.99. The average molecular weight is 263 g/mol. The molecule has 17 heavy (non-hydrogen) atoms. The molecule has 0 aromatic carbocycles. The highest BCUT2D eigenvalue weighted by Gasteiger charge is 2.31. The van der Waals surface area contributed by atoms with Gasteiger partial charge in [0, 0.05) is 5.57 Å². The molecule has 0 saturated carbocycles. The number of hydrogen-bond acceptors (Lipinski definition) is 4. The standard InChI is InChI=1S/C11H19O5S/c1-9(2)10(12)16-8-6-5-7-11(3,4)17(13,14)15/h7H,1,5-6,8H2,2-4H3,(H,13,14,15). The summed E-state index contributed by atoms with van der Waals surface area (Å²) in [6, 6.07) is 0. The van der Waals surface area contributed by atoms with Crippen molar-refractivity contribution in [3.8, 4) is 0 Å². The van der Waals surface area contributed by atoms with E-state index >= 15 is 0 Å². The first kappa shape index (κ1) is 16.1. The number of carbonyl (C=O) groups excluding carboxylic acids is 1. The second-order valence-electron chi connectivity index (χ2n) is 4.34. The van der Waals surface area contributed by atoms with Crippen LogP contribution < -0.4 is 0 Å². The molecule has 0 heterocycles. The van der Waals surface area contributed by atoms with E-state index in [1.807, 2.05) is 0 Å². The molecule has 0 rings (SSSR count). The van der Waals surface area contributed by atoms with Gasteiger partial charge >= 0.3 is 5.97 Å². The minimum Gasteiger partial charge on any atom is -0.462 e. The van der Waals surface area contributed by atoms with Crippen molar-refractivity contribution < 1.29 is 22.5 Å². The van der Waals surface area contributed by atoms with E-state index in [1.165, 1.54) is 20.3 Å². The summed E-state index contributed by atoms with van der Waals surface area (Å²) in [5.74, 6) is -0.459. The van der Waals surface area contributed by atoms with Crippen molar-refractivity contribution in [3.05, 3.63) is 18.6 Å². The normalized spacial score (nSPS) is 12.2. The highest BCUT2D eigenvalue weighted by atomic mass is 32.2. The number of rotatable bonds is 7. The van der Waals surface area contributed by atoms with Crippen LogP contribution >= 0.6 is 0 Å². The van der Waals surface area contributed by atoms with Crippen LogP contribution in [0.25, 0.3) is 0 Å². The summed E-state index contributed by atoms with van der Waals surface area (Å²) in [5, 5.41) is 0. The predicted octanol–water partition coefficient (Wildman–Crippen LogP) is 1.76. The third-order valence-corrected chi connectivity index (χ3v) is 3.73. The third kappa shape index (κ3) is 5.83. The smallest absolute Gasteiger partial charge is 0.333 e. The van der Waals surface area contributed by atoms with Crippen molar-refractivity contribution in [1.82, 2.24) is 0 Å². The lowest BCUT2D eigenvalue weighted by Crippen LogP contribution is -2.31. The Hall–Kier alpha value is -0.880. The maximum atomic E-state index is 11.0. The van der Waals surface area contributed by atoms with Gasteiger partial charge in [-0.1, -0.05) is 6.58 Å². The van der Waals surface area contributed by atoms with Crippen molar-refractivity contribution in [1.29, 1.82) is 0 Å². The van der Waals surface area contributed by atoms with Gasteiger partial charge in [-0.25, -0.2) is 4.79 Å². The molecule has 0 bridgehead atoms. The van der Waals surface area contributed by atoms with Crippen LogP contribution in [0.4, 0.5) is 0 Å². The summed E-state index contributed by atoms with van der Waals surface area (Å²) in [7, 11) is -4.10. The van der Waals surface area contributed by atoms with Crippen LogP contribution in [0.5, 0.6) is 0 Å². The van der Waals surface area contributed by atoms with Gasteiger partial charge in [0.1, 0.15) is 0 Å². The molecule has 0 spiro atoms. The molecule has 0 aromatic rings. The summed E-state index contributed by atoms with van der Waals surface area (Å²) < 4.78 is 34.3. The lowest BCUT2D eigenvalue weighted by atomic mass is 10.1. The molecule has 99 valence electrons. The molecule has 0 aliphatic heterocycles. The van der Waals surface area contributed by atoms with Crippen molar-refractivity contribution >= 4 is 16.1 Å². The highest BCUT2D eigenvalue weighted by Crippen LogP contribution is 2.20. The number of carbonyl (C=O) groups is 1. The van der Waals surface area contributed by atoms with Gasteiger partial charge in [0.25, 0.3) is 10.1 Å². The van der Waals surface area contributed by atoms with Crippen LogP contribution in [-0.2, 0) is 19.6 Å². The topological polar surface area (TPSA) is 80.7 Å². The monoisotopic (exact) mass is 263 g/mol. The molecule has 0 saturated heterocycles. The fourth-order valence-electron chi connectivity index (χ4n) is 0.926. The Labute approximate surface area is 103 Å². The van der Waals surface area contributed by atoms with E-state index in [9.17, 15) is 13.2 Å². The van der Waals surface area contributed by atoms with Gasteiger partial charge < -0.3 is 4.74 Å². The highest BCUT2D eigenvalue weighted by molar-refractivity contribution is 7.87. The van der Waals surface area contributed by atoms with Crippen molar-refractivity contribution in [2.75, 3.05) is 6.61 Å². The number of hydrogen-bond donors (Lipinski definition) is 1. The van der Waals surface area contributed by atoms with Gasteiger partial charge in [-0.15, -0.1) is 0 Å². The second-order valence-corrected chi connectivity index (χ2v) is 6.34. The van der Waals surface area contributed by atoms with Crippen LogP contribution in [-0.4, -0.2) is 30.3 Å². The Morgan fingerprint density at radius 1 is 1.47 bits per heavy atom. The SMILES string of the molecule is C=C(C)C(=O)OCCC[CH]C(C)(C)S(=O)(=O)O. The maximum Gasteiger partial charge on any atom is 0.333 e. The molecular weight excluding hydrogens is 244 g/mol. The van der Waals surface area contributed by atoms with E-state index in [4.69, 9.17) is 9.29 Å². The molecular formula is C11H19O5S.